The molecule has 12 heteroatoms. The molecule has 4 N–H and O–H groups in total. The number of carbonyl (C=O) groups excluding carboxylic acids is 1. The number of amides is 1. The van der Waals surface area contributed by atoms with Crippen molar-refractivity contribution in [3.05, 3.63) is 36.0 Å². The number of aliphatic hydroxyl groups is 1. The van der Waals surface area contributed by atoms with Crippen LogP contribution in [0.4, 0.5) is 23.1 Å². The van der Waals surface area contributed by atoms with Gasteiger partial charge in [-0.3, -0.25) is 14.4 Å². The molecule has 11 nitrogen and oxygen atoms in total. The first kappa shape index (κ1) is 24.7. The molecule has 1 amide bonds. The predicted octanol–water partition coefficient (Wildman–Crippen LogP) is 1.71. The summed E-state index contributed by atoms with van der Waals surface area (Å²) in [4.78, 5) is 26.8. The highest BCUT2D eigenvalue weighted by atomic mass is 32.2. The molecule has 1 spiro atoms. The molecule has 1 aromatic carbocycles. The van der Waals surface area contributed by atoms with E-state index in [1.54, 1.807) is 30.5 Å². The Morgan fingerprint density at radius 1 is 1.08 bits per heavy atom. The number of aromatic nitrogens is 2. The van der Waals surface area contributed by atoms with Crippen LogP contribution in [-0.2, 0) is 10.0 Å². The molecule has 1 saturated carbocycles. The van der Waals surface area contributed by atoms with Crippen molar-refractivity contribution < 1.29 is 18.3 Å². The Hall–Kier alpha value is -2.96. The van der Waals surface area contributed by atoms with Gasteiger partial charge in [0.2, 0.25) is 16.0 Å². The summed E-state index contributed by atoms with van der Waals surface area (Å²) in [6.07, 6.45) is 7.38. The number of aliphatic hydroxyl groups excluding tert-OH is 1. The summed E-state index contributed by atoms with van der Waals surface area (Å²) in [5.41, 5.74) is 1.75. The Morgan fingerprint density at radius 2 is 1.89 bits per heavy atom. The second-order valence-electron chi connectivity index (χ2n) is 9.68. The molecule has 194 valence electrons. The minimum Gasteiger partial charge on any atom is -0.395 e. The summed E-state index contributed by atoms with van der Waals surface area (Å²) >= 11 is 0. The van der Waals surface area contributed by atoms with Gasteiger partial charge in [-0.05, 0) is 56.4 Å². The third kappa shape index (κ3) is 5.55. The number of hydrogen-bond donors (Lipinski definition) is 4. The van der Waals surface area contributed by atoms with Crippen LogP contribution >= 0.6 is 0 Å². The Labute approximate surface area is 211 Å². The molecule has 1 aromatic heterocycles. The summed E-state index contributed by atoms with van der Waals surface area (Å²) in [5.74, 6) is 0.141. The van der Waals surface area contributed by atoms with Crippen LogP contribution in [0.2, 0.25) is 0 Å². The summed E-state index contributed by atoms with van der Waals surface area (Å²) in [6, 6.07) is 6.54. The van der Waals surface area contributed by atoms with Crippen molar-refractivity contribution in [2.75, 3.05) is 65.3 Å². The summed E-state index contributed by atoms with van der Waals surface area (Å²) in [5, 5.41) is 15.2. The van der Waals surface area contributed by atoms with Crippen LogP contribution in [0.3, 0.4) is 0 Å². The number of piperazine rings is 1. The maximum absolute atomic E-state index is 13.3. The van der Waals surface area contributed by atoms with E-state index < -0.39 is 22.4 Å². The van der Waals surface area contributed by atoms with Crippen molar-refractivity contribution in [3.63, 3.8) is 0 Å². The maximum Gasteiger partial charge on any atom is 0.258 e. The lowest BCUT2D eigenvalue weighted by Gasteiger charge is -2.41. The number of rotatable bonds is 4. The number of sulfonamides is 1. The van der Waals surface area contributed by atoms with E-state index in [0.29, 0.717) is 34.2 Å². The fourth-order valence-electron chi connectivity index (χ4n) is 5.17. The summed E-state index contributed by atoms with van der Waals surface area (Å²) in [6.45, 7) is 3.58. The zero-order chi connectivity index (χ0) is 25.2. The molecular formula is C24H33N7O4S. The number of nitrogens with zero attached hydrogens (tertiary/aromatic N) is 4. The van der Waals surface area contributed by atoms with E-state index in [4.69, 9.17) is 5.11 Å². The van der Waals surface area contributed by atoms with Crippen molar-refractivity contribution in [2.24, 2.45) is 0 Å². The fraction of sp³-hybridized carbons (Fsp3) is 0.542. The average molecular weight is 516 g/mol. The van der Waals surface area contributed by atoms with Gasteiger partial charge in [-0.25, -0.2) is 13.4 Å². The second kappa shape index (κ2) is 10.2. The molecule has 1 saturated heterocycles. The first-order valence-electron chi connectivity index (χ1n) is 12.5. The minimum absolute atomic E-state index is 0.290. The highest BCUT2D eigenvalue weighted by Crippen LogP contribution is 2.46. The van der Waals surface area contributed by atoms with Gasteiger partial charge in [-0.2, -0.15) is 4.98 Å². The number of fused-ring (bicyclic) bond motifs is 7. The maximum atomic E-state index is 13.3. The molecule has 3 aliphatic heterocycles. The van der Waals surface area contributed by atoms with Crippen molar-refractivity contribution in [1.82, 2.24) is 14.9 Å². The molecule has 0 atom stereocenters. The zero-order valence-corrected chi connectivity index (χ0v) is 21.1. The van der Waals surface area contributed by atoms with Crippen molar-refractivity contribution >= 4 is 39.1 Å². The Balaban J connectivity index is 1.47. The quantitative estimate of drug-likeness (QED) is 0.479. The van der Waals surface area contributed by atoms with Gasteiger partial charge in [0.1, 0.15) is 5.82 Å². The van der Waals surface area contributed by atoms with E-state index in [2.05, 4.69) is 35.1 Å². The molecule has 36 heavy (non-hydrogen) atoms. The topological polar surface area (TPSA) is 140 Å². The third-order valence-corrected chi connectivity index (χ3v) is 8.51. The third-order valence-electron chi connectivity index (χ3n) is 7.24. The SMILES string of the molecule is O=C1Nc2ccnc(n2)NCCCCC2(CC2)N2CCN(CC2)c2cc(NS(=O)(=O)CCO)ccc21. The monoisotopic (exact) mass is 515 g/mol. The van der Waals surface area contributed by atoms with Gasteiger partial charge in [-0.1, -0.05) is 0 Å². The van der Waals surface area contributed by atoms with E-state index in [0.717, 1.165) is 45.6 Å². The van der Waals surface area contributed by atoms with Gasteiger partial charge in [-0.15, -0.1) is 0 Å². The Bertz CT molecular complexity index is 1210. The lowest BCUT2D eigenvalue weighted by Crippen LogP contribution is -2.52. The standard InChI is InChI=1S/C24H33N7O4S/c32-15-16-36(34,35)29-18-3-4-19-20(17-18)30-11-13-31(14-12-30)24(7-8-24)6-1-2-9-25-23-26-10-5-21(28-23)27-22(19)33/h3-5,10,17,29,32H,1-2,6-9,11-16H2,(H2,25,26,27,28,33). The van der Waals surface area contributed by atoms with Gasteiger partial charge < -0.3 is 20.6 Å². The number of benzene rings is 1. The summed E-state index contributed by atoms with van der Waals surface area (Å²) < 4.78 is 27.0. The first-order chi connectivity index (χ1) is 17.4. The van der Waals surface area contributed by atoms with E-state index in [9.17, 15) is 13.2 Å². The number of nitrogens with one attached hydrogen (secondary N) is 3. The van der Waals surface area contributed by atoms with Crippen LogP contribution < -0.4 is 20.3 Å². The molecule has 2 fully saturated rings. The van der Waals surface area contributed by atoms with Gasteiger partial charge in [0.15, 0.2) is 0 Å². The molecular weight excluding hydrogens is 482 g/mol. The molecule has 6 rings (SSSR count). The molecule has 2 aromatic rings. The first-order valence-corrected chi connectivity index (χ1v) is 14.2. The van der Waals surface area contributed by atoms with E-state index in [-0.39, 0.29) is 5.91 Å². The van der Waals surface area contributed by atoms with Crippen molar-refractivity contribution in [2.45, 2.75) is 37.6 Å². The zero-order valence-electron chi connectivity index (χ0n) is 20.2. The second-order valence-corrected chi connectivity index (χ2v) is 11.5. The molecule has 0 unspecified atom stereocenters. The minimum atomic E-state index is -3.69. The van der Waals surface area contributed by atoms with Crippen LogP contribution in [-0.4, -0.2) is 84.9 Å². The van der Waals surface area contributed by atoms with Crippen LogP contribution in [0.1, 0.15) is 42.5 Å². The fourth-order valence-corrected chi connectivity index (χ4v) is 5.99. The van der Waals surface area contributed by atoms with Crippen molar-refractivity contribution in [1.29, 1.82) is 0 Å². The Kier molecular flexibility index (Phi) is 7.00. The van der Waals surface area contributed by atoms with Crippen LogP contribution in [0.15, 0.2) is 30.5 Å². The van der Waals surface area contributed by atoms with Gasteiger partial charge in [0, 0.05) is 44.5 Å². The average Bonchev–Trinajstić information content (AvgIpc) is 3.64. The molecule has 4 bridgehead atoms. The van der Waals surface area contributed by atoms with Gasteiger partial charge in [0.25, 0.3) is 5.91 Å². The highest BCUT2D eigenvalue weighted by molar-refractivity contribution is 7.92. The van der Waals surface area contributed by atoms with Gasteiger partial charge in [0.05, 0.1) is 29.3 Å². The number of anilines is 4. The van der Waals surface area contributed by atoms with Crippen molar-refractivity contribution in [3.8, 4) is 0 Å². The van der Waals surface area contributed by atoms with Crippen LogP contribution in [0.25, 0.3) is 0 Å². The van der Waals surface area contributed by atoms with Crippen LogP contribution in [0.5, 0.6) is 0 Å². The number of hydrogen-bond acceptors (Lipinski definition) is 9. The molecule has 1 aliphatic carbocycles. The van der Waals surface area contributed by atoms with Gasteiger partial charge >= 0.3 is 0 Å². The number of carbonyl (C=O) groups is 1. The largest absolute Gasteiger partial charge is 0.395 e. The highest BCUT2D eigenvalue weighted by Gasteiger charge is 2.47. The Morgan fingerprint density at radius 3 is 2.64 bits per heavy atom. The lowest BCUT2D eigenvalue weighted by atomic mass is 10.0. The van der Waals surface area contributed by atoms with E-state index in [1.807, 2.05) is 0 Å². The van der Waals surface area contributed by atoms with E-state index >= 15 is 0 Å². The predicted molar refractivity (Wildman–Crippen MR) is 139 cm³/mol. The normalized spacial score (nSPS) is 20.2. The van der Waals surface area contributed by atoms with E-state index in [1.165, 1.54) is 19.3 Å². The molecule has 4 aliphatic rings. The van der Waals surface area contributed by atoms with Crippen LogP contribution in [0, 0.1) is 0 Å². The smallest absolute Gasteiger partial charge is 0.258 e. The lowest BCUT2D eigenvalue weighted by molar-refractivity contribution is 0.102. The molecule has 0 radical (unpaired) electrons. The summed E-state index contributed by atoms with van der Waals surface area (Å²) in [7, 11) is -3.69. The molecule has 4 heterocycles.